The van der Waals surface area contributed by atoms with Crippen molar-refractivity contribution in [1.82, 2.24) is 0 Å². The summed E-state index contributed by atoms with van der Waals surface area (Å²) >= 11 is 12.1. The van der Waals surface area contributed by atoms with Crippen LogP contribution in [0.2, 0.25) is 47.2 Å². The molecule has 0 aromatic heterocycles. The first kappa shape index (κ1) is 7.11. The van der Waals surface area contributed by atoms with Gasteiger partial charge in [-0.25, -0.2) is 0 Å². The van der Waals surface area contributed by atoms with Gasteiger partial charge in [0.2, 0.25) is 0 Å². The van der Waals surface area contributed by atoms with Crippen molar-refractivity contribution in [3.05, 3.63) is 0 Å². The second kappa shape index (κ2) is 0.546. The Balaban J connectivity index is 1.82. The molecule has 0 N–H and O–H groups in total. The van der Waals surface area contributed by atoms with Gasteiger partial charge in [0.05, 0.1) is 0 Å². The Morgan fingerprint density at radius 1 is 0.875 bits per heavy atom. The number of fused-ring (bicyclic) bond motifs is 10. The average molecular weight is 451 g/mol. The van der Waals surface area contributed by atoms with E-state index in [4.69, 9.17) is 0 Å². The zero-order chi connectivity index (χ0) is 10.4. The number of hydrogen-bond acceptors (Lipinski definition) is 0. The quantitative estimate of drug-likeness (QED) is 0.315. The Morgan fingerprint density at radius 2 is 1.31 bits per heavy atom. The summed E-state index contributed by atoms with van der Waals surface area (Å²) in [6, 6.07) is 0. The van der Waals surface area contributed by atoms with Crippen LogP contribution in [0.4, 0.5) is 0 Å². The summed E-state index contributed by atoms with van der Waals surface area (Å²) in [6.07, 6.45) is 0. The third kappa shape index (κ3) is 0.0636. The van der Waals surface area contributed by atoms with E-state index in [0.29, 0.717) is 0 Å². The van der Waals surface area contributed by atoms with Gasteiger partial charge in [0.15, 0.2) is 0 Å². The Kier molecular flexibility index (Phi) is 0.242. The predicted octanol–water partition coefficient (Wildman–Crippen LogP) is 5.97. The zero-order valence-electron chi connectivity index (χ0n) is 8.61. The van der Waals surface area contributed by atoms with Crippen LogP contribution in [0.3, 0.4) is 0 Å². The molecule has 0 amide bonds. The molecule has 0 aromatic carbocycles. The average Bonchev–Trinajstić information content (AvgIpc) is 3.08. The topological polar surface area (TPSA) is 0 Å². The molecule has 10 heterocycles. The molecule has 8 atom stereocenters. The second-order valence-electron chi connectivity index (χ2n) is 10.7. The molecule has 10 aliphatic rings. The normalized spacial score (nSPS) is 132. The first-order valence-electron chi connectivity index (χ1n) is 6.46. The van der Waals surface area contributed by atoms with E-state index in [1.165, 1.54) is 38.5 Å². The van der Waals surface area contributed by atoms with Gasteiger partial charge in [0.1, 0.15) is 0 Å². The molecule has 0 aromatic rings. The summed E-state index contributed by atoms with van der Waals surface area (Å²) in [5.41, 5.74) is 0. The first-order valence-corrected chi connectivity index (χ1v) is 15.0. The summed E-state index contributed by atoms with van der Waals surface area (Å²) < 4.78 is 2.02. The van der Waals surface area contributed by atoms with Crippen LogP contribution in [0.1, 0.15) is 6.92 Å². The molecule has 88 valence electrons. The molecular formula is C12H11Br3Fe. The number of hydrogen-bond donors (Lipinski definition) is 0. The molecule has 0 saturated carbocycles. The summed E-state index contributed by atoms with van der Waals surface area (Å²) in [5, 5.41) is 0. The van der Waals surface area contributed by atoms with E-state index >= 15 is 0 Å². The fraction of sp³-hybridized carbons (Fsp3) is 1.00. The molecule has 0 nitrogen and oxygen atoms in total. The second-order valence-corrected chi connectivity index (χ2v) is 40.9. The van der Waals surface area contributed by atoms with Crippen molar-refractivity contribution in [3.8, 4) is 0 Å². The molecule has 0 aliphatic carbocycles. The van der Waals surface area contributed by atoms with Gasteiger partial charge in [-0.3, -0.25) is 0 Å². The molecule has 0 bridgehead atoms. The van der Waals surface area contributed by atoms with E-state index in [1.54, 1.807) is 0 Å². The summed E-state index contributed by atoms with van der Waals surface area (Å²) in [7, 11) is 0. The molecule has 10 saturated heterocycles. The van der Waals surface area contributed by atoms with E-state index in [9.17, 15) is 0 Å². The van der Waals surface area contributed by atoms with Crippen LogP contribution in [0, 0.1) is 0 Å². The van der Waals surface area contributed by atoms with Crippen molar-refractivity contribution in [2.24, 2.45) is 0 Å². The fourth-order valence-corrected chi connectivity index (χ4v) is 107. The molecule has 10 aliphatic heterocycles. The third-order valence-corrected chi connectivity index (χ3v) is 63.3. The van der Waals surface area contributed by atoms with Gasteiger partial charge in [-0.1, -0.05) is 0 Å². The van der Waals surface area contributed by atoms with Crippen molar-refractivity contribution >= 4 is 47.8 Å². The van der Waals surface area contributed by atoms with Crippen LogP contribution in [-0.2, 0) is 6.51 Å². The minimum absolute atomic E-state index is 0.151. The van der Waals surface area contributed by atoms with Crippen molar-refractivity contribution in [1.29, 1.82) is 0 Å². The molecule has 10 rings (SSSR count). The molecule has 1 spiro atoms. The van der Waals surface area contributed by atoms with Crippen LogP contribution in [0.15, 0.2) is 0 Å². The van der Waals surface area contributed by atoms with Crippen LogP contribution in [0.25, 0.3) is 0 Å². The molecule has 10 fully saturated rings. The first-order chi connectivity index (χ1) is 7.18. The summed E-state index contributed by atoms with van der Waals surface area (Å²) in [4.78, 5) is 11.0. The van der Waals surface area contributed by atoms with Gasteiger partial charge in [-0.2, -0.15) is 0 Å². The predicted molar refractivity (Wildman–Crippen MR) is 70.6 cm³/mol. The Labute approximate surface area is 109 Å². The van der Waals surface area contributed by atoms with Crippen LogP contribution < -0.4 is 0 Å². The molecule has 0 radical (unpaired) electrons. The van der Waals surface area contributed by atoms with E-state index < -0.39 is 6.51 Å². The zero-order valence-corrected chi connectivity index (χ0v) is 14.5. The molecule has 8 unspecified atom stereocenters. The minimum atomic E-state index is -3.00. The Morgan fingerprint density at radius 3 is 1.38 bits per heavy atom. The maximum absolute atomic E-state index is 4.04. The number of halogens is 3. The van der Waals surface area contributed by atoms with E-state index in [1.807, 2.05) is 0 Å². The van der Waals surface area contributed by atoms with Gasteiger partial charge in [-0.05, 0) is 0 Å². The van der Waals surface area contributed by atoms with E-state index in [2.05, 4.69) is 54.7 Å². The summed E-state index contributed by atoms with van der Waals surface area (Å²) in [6.45, 7) is -0.207. The summed E-state index contributed by atoms with van der Waals surface area (Å²) in [5.74, 6) is 0. The Bertz CT molecular complexity index is 996. The van der Waals surface area contributed by atoms with Gasteiger partial charge < -0.3 is 0 Å². The van der Waals surface area contributed by atoms with E-state index in [-0.39, 0.29) is 2.14 Å². The van der Waals surface area contributed by atoms with Crippen LogP contribution in [-0.4, -0.2) is 2.14 Å². The SMILES string of the molecule is C[C]12[CH]3[CH]4[CH]5[CH]1[Fe]45321678[CH]2[CH]1[CH]6[C]7(C(Br)(Br)Br)[CH]28. The van der Waals surface area contributed by atoms with Crippen molar-refractivity contribution in [2.45, 2.75) is 56.2 Å². The third-order valence-electron chi connectivity index (χ3n) is 16.0. The Hall–Kier alpha value is 1.96. The van der Waals surface area contributed by atoms with Gasteiger partial charge in [-0.15, -0.1) is 0 Å². The number of rotatable bonds is 0. The van der Waals surface area contributed by atoms with E-state index in [0.717, 1.165) is 8.63 Å². The molecular weight excluding hydrogens is 440 g/mol. The number of alkyl halides is 3. The van der Waals surface area contributed by atoms with Gasteiger partial charge in [0, 0.05) is 0 Å². The van der Waals surface area contributed by atoms with Crippen LogP contribution in [0.5, 0.6) is 0 Å². The van der Waals surface area contributed by atoms with Crippen molar-refractivity contribution < 1.29 is 6.51 Å². The fourth-order valence-electron chi connectivity index (χ4n) is 18.4. The molecule has 4 heteroatoms. The molecule has 16 heavy (non-hydrogen) atoms. The van der Waals surface area contributed by atoms with Gasteiger partial charge >= 0.3 is 111 Å². The monoisotopic (exact) mass is 448 g/mol. The van der Waals surface area contributed by atoms with Crippen LogP contribution >= 0.6 is 47.8 Å². The maximum atomic E-state index is 4.04. The van der Waals surface area contributed by atoms with Crippen molar-refractivity contribution in [2.75, 3.05) is 0 Å². The van der Waals surface area contributed by atoms with Crippen molar-refractivity contribution in [3.63, 3.8) is 0 Å². The standard InChI is InChI=1S/C6H4Br3.C6H7.Fe/c7-6(8,9)5-3-1-2-4-5;1-6-4-2-3-5-6;/h1-4H;2-5H,1H3;. The van der Waals surface area contributed by atoms with Gasteiger partial charge in [0.25, 0.3) is 0 Å².